The highest BCUT2D eigenvalue weighted by Gasteiger charge is 2.08. The molecule has 0 atom stereocenters. The van der Waals surface area contributed by atoms with Crippen LogP contribution in [0.2, 0.25) is 0 Å². The van der Waals surface area contributed by atoms with Crippen LogP contribution in [0.15, 0.2) is 36.7 Å². The predicted octanol–water partition coefficient (Wildman–Crippen LogP) is 2.67. The van der Waals surface area contributed by atoms with Crippen LogP contribution in [0.5, 0.6) is 0 Å². The van der Waals surface area contributed by atoms with Crippen LogP contribution in [0.3, 0.4) is 0 Å². The molecule has 5 heteroatoms. The number of carboxylic acids is 1. The number of carbonyl (C=O) groups is 1. The van der Waals surface area contributed by atoms with Crippen molar-refractivity contribution in [3.05, 3.63) is 53.9 Å². The van der Waals surface area contributed by atoms with Gasteiger partial charge in [0.1, 0.15) is 11.6 Å². The van der Waals surface area contributed by atoms with Crippen LogP contribution in [0.25, 0.3) is 11.8 Å². The molecule has 4 nitrogen and oxygen atoms in total. The summed E-state index contributed by atoms with van der Waals surface area (Å²) in [4.78, 5) is 14.5. The average molecular weight is 260 g/mol. The molecule has 0 unspecified atom stereocenters. The molecule has 0 amide bonds. The first-order valence-electron chi connectivity index (χ1n) is 5.85. The summed E-state index contributed by atoms with van der Waals surface area (Å²) in [5, 5.41) is 8.52. The van der Waals surface area contributed by atoms with E-state index in [1.54, 1.807) is 29.1 Å². The number of aryl methyl sites for hydroxylation is 1. The third-order valence-corrected chi connectivity index (χ3v) is 2.68. The van der Waals surface area contributed by atoms with Crippen LogP contribution in [-0.4, -0.2) is 20.6 Å². The van der Waals surface area contributed by atoms with Crippen molar-refractivity contribution in [2.45, 2.75) is 13.3 Å². The van der Waals surface area contributed by atoms with Gasteiger partial charge in [0.15, 0.2) is 0 Å². The second kappa shape index (κ2) is 5.48. The Balaban J connectivity index is 2.37. The van der Waals surface area contributed by atoms with Crippen molar-refractivity contribution in [1.29, 1.82) is 0 Å². The number of carboxylic acid groups (broad SMARTS) is 1. The molecule has 0 saturated heterocycles. The molecular weight excluding hydrogens is 247 g/mol. The van der Waals surface area contributed by atoms with Crippen molar-refractivity contribution >= 4 is 12.0 Å². The molecule has 0 saturated carbocycles. The van der Waals surface area contributed by atoms with Gasteiger partial charge in [-0.25, -0.2) is 14.2 Å². The molecule has 1 aromatic heterocycles. The summed E-state index contributed by atoms with van der Waals surface area (Å²) in [6.07, 6.45) is 6.35. The van der Waals surface area contributed by atoms with Gasteiger partial charge in [-0.2, -0.15) is 0 Å². The number of imidazole rings is 1. The Morgan fingerprint density at radius 1 is 1.53 bits per heavy atom. The Labute approximate surface area is 109 Å². The molecule has 1 aromatic carbocycles. The van der Waals surface area contributed by atoms with E-state index in [1.165, 1.54) is 12.1 Å². The number of halogens is 1. The fourth-order valence-corrected chi connectivity index (χ4v) is 1.80. The first kappa shape index (κ1) is 13.0. The largest absolute Gasteiger partial charge is 0.478 e. The number of benzene rings is 1. The molecule has 0 spiro atoms. The predicted molar refractivity (Wildman–Crippen MR) is 69.6 cm³/mol. The topological polar surface area (TPSA) is 55.1 Å². The van der Waals surface area contributed by atoms with Crippen LogP contribution in [0.1, 0.15) is 18.3 Å². The van der Waals surface area contributed by atoms with E-state index in [9.17, 15) is 9.18 Å². The zero-order chi connectivity index (χ0) is 13.8. The minimum atomic E-state index is -1.06. The maximum absolute atomic E-state index is 14.0. The smallest absolute Gasteiger partial charge is 0.328 e. The number of aromatic nitrogens is 2. The molecule has 1 N–H and O–H groups in total. The number of hydrogen-bond donors (Lipinski definition) is 1. The van der Waals surface area contributed by atoms with Crippen molar-refractivity contribution in [2.24, 2.45) is 0 Å². The summed E-state index contributed by atoms with van der Waals surface area (Å²) >= 11 is 0. The van der Waals surface area contributed by atoms with Crippen molar-refractivity contribution in [3.8, 4) is 5.69 Å². The Morgan fingerprint density at radius 3 is 2.95 bits per heavy atom. The van der Waals surface area contributed by atoms with Gasteiger partial charge >= 0.3 is 5.97 Å². The summed E-state index contributed by atoms with van der Waals surface area (Å²) < 4.78 is 15.7. The Morgan fingerprint density at radius 2 is 2.32 bits per heavy atom. The van der Waals surface area contributed by atoms with E-state index in [2.05, 4.69) is 4.98 Å². The van der Waals surface area contributed by atoms with E-state index in [0.717, 1.165) is 11.9 Å². The quantitative estimate of drug-likeness (QED) is 0.860. The average Bonchev–Trinajstić information content (AvgIpc) is 2.84. The maximum atomic E-state index is 14.0. The van der Waals surface area contributed by atoms with Crippen molar-refractivity contribution in [2.75, 3.05) is 0 Å². The van der Waals surface area contributed by atoms with Crippen LogP contribution in [0, 0.1) is 5.82 Å². The number of nitrogens with zero attached hydrogens (tertiary/aromatic N) is 2. The van der Waals surface area contributed by atoms with E-state index in [-0.39, 0.29) is 0 Å². The Hall–Kier alpha value is -2.43. The summed E-state index contributed by atoms with van der Waals surface area (Å²) in [7, 11) is 0. The Bertz CT molecular complexity index is 632. The van der Waals surface area contributed by atoms with Gasteiger partial charge < -0.3 is 9.67 Å². The van der Waals surface area contributed by atoms with E-state index < -0.39 is 11.8 Å². The third kappa shape index (κ3) is 2.88. The van der Waals surface area contributed by atoms with Crippen LogP contribution in [0.4, 0.5) is 4.39 Å². The lowest BCUT2D eigenvalue weighted by Gasteiger charge is -2.08. The molecule has 2 rings (SSSR count). The minimum Gasteiger partial charge on any atom is -0.478 e. The molecule has 0 radical (unpaired) electrons. The van der Waals surface area contributed by atoms with Gasteiger partial charge in [-0.15, -0.1) is 0 Å². The number of aliphatic carboxylic acids is 1. The molecule has 2 aromatic rings. The van der Waals surface area contributed by atoms with E-state index in [1.807, 2.05) is 6.92 Å². The van der Waals surface area contributed by atoms with E-state index >= 15 is 0 Å². The highest BCUT2D eigenvalue weighted by atomic mass is 19.1. The van der Waals surface area contributed by atoms with Gasteiger partial charge in [-0.1, -0.05) is 13.0 Å². The highest BCUT2D eigenvalue weighted by Crippen LogP contribution is 2.18. The molecule has 0 bridgehead atoms. The monoisotopic (exact) mass is 260 g/mol. The highest BCUT2D eigenvalue weighted by molar-refractivity contribution is 5.85. The van der Waals surface area contributed by atoms with Crippen molar-refractivity contribution < 1.29 is 14.3 Å². The van der Waals surface area contributed by atoms with Crippen LogP contribution >= 0.6 is 0 Å². The minimum absolute atomic E-state index is 0.404. The molecule has 0 aliphatic heterocycles. The normalized spacial score (nSPS) is 11.1. The number of hydrogen-bond acceptors (Lipinski definition) is 2. The zero-order valence-corrected chi connectivity index (χ0v) is 10.4. The van der Waals surface area contributed by atoms with Crippen molar-refractivity contribution in [3.63, 3.8) is 0 Å². The zero-order valence-electron chi connectivity index (χ0n) is 10.4. The Kier molecular flexibility index (Phi) is 3.75. The molecule has 19 heavy (non-hydrogen) atoms. The van der Waals surface area contributed by atoms with Gasteiger partial charge in [-0.3, -0.25) is 0 Å². The maximum Gasteiger partial charge on any atom is 0.328 e. The summed E-state index contributed by atoms with van der Waals surface area (Å²) in [5.74, 6) is -0.708. The first-order chi connectivity index (χ1) is 9.11. The second-order valence-electron chi connectivity index (χ2n) is 3.95. The molecule has 0 aliphatic carbocycles. The summed E-state index contributed by atoms with van der Waals surface area (Å²) in [5.41, 5.74) is 0.906. The molecule has 98 valence electrons. The standard InChI is InChI=1S/C14H13FN2O2/c1-2-13-16-7-8-17(13)12-5-3-10(9-11(12)15)4-6-14(18)19/h3-9H,2H2,1H3,(H,18,19)/b6-4+. The van der Waals surface area contributed by atoms with Gasteiger partial charge in [0.25, 0.3) is 0 Å². The molecule has 0 aliphatic rings. The summed E-state index contributed by atoms with van der Waals surface area (Å²) in [6, 6.07) is 4.57. The molecule has 1 heterocycles. The fourth-order valence-electron chi connectivity index (χ4n) is 1.80. The summed E-state index contributed by atoms with van der Waals surface area (Å²) in [6.45, 7) is 1.95. The second-order valence-corrected chi connectivity index (χ2v) is 3.95. The first-order valence-corrected chi connectivity index (χ1v) is 5.85. The molecular formula is C14H13FN2O2. The van der Waals surface area contributed by atoms with Gasteiger partial charge in [-0.05, 0) is 23.8 Å². The molecule has 0 fully saturated rings. The number of rotatable bonds is 4. The third-order valence-electron chi connectivity index (χ3n) is 2.68. The van der Waals surface area contributed by atoms with Crippen molar-refractivity contribution in [1.82, 2.24) is 9.55 Å². The SMILES string of the molecule is CCc1nccn1-c1ccc(/C=C/C(=O)O)cc1F. The lowest BCUT2D eigenvalue weighted by molar-refractivity contribution is -0.131. The van der Waals surface area contributed by atoms with Gasteiger partial charge in [0.05, 0.1) is 5.69 Å². The van der Waals surface area contributed by atoms with Gasteiger partial charge in [0, 0.05) is 24.9 Å². The van der Waals surface area contributed by atoms with Crippen LogP contribution < -0.4 is 0 Å². The lowest BCUT2D eigenvalue weighted by Crippen LogP contribution is -2.01. The van der Waals surface area contributed by atoms with E-state index in [0.29, 0.717) is 17.7 Å². The lowest BCUT2D eigenvalue weighted by atomic mass is 10.2. The van der Waals surface area contributed by atoms with Gasteiger partial charge in [0.2, 0.25) is 0 Å². The van der Waals surface area contributed by atoms with Crippen LogP contribution in [-0.2, 0) is 11.2 Å². The fraction of sp³-hybridized carbons (Fsp3) is 0.143. The van der Waals surface area contributed by atoms with E-state index in [4.69, 9.17) is 5.11 Å².